The first-order valence-corrected chi connectivity index (χ1v) is 7.91. The highest BCUT2D eigenvalue weighted by Crippen LogP contribution is 2.27. The summed E-state index contributed by atoms with van der Waals surface area (Å²) in [7, 11) is 3.35. The van der Waals surface area contributed by atoms with Crippen LogP contribution in [-0.4, -0.2) is 48.8 Å². The zero-order chi connectivity index (χ0) is 18.4. The summed E-state index contributed by atoms with van der Waals surface area (Å²) in [5, 5.41) is 0. The lowest BCUT2D eigenvalue weighted by atomic mass is 9.97. The minimum Gasteiger partial charge on any atom is -0.369 e. The molecule has 2 amide bonds. The first kappa shape index (κ1) is 18.6. The van der Waals surface area contributed by atoms with Crippen molar-refractivity contribution in [3.8, 4) is 0 Å². The summed E-state index contributed by atoms with van der Waals surface area (Å²) < 4.78 is 13.3. The lowest BCUT2D eigenvalue weighted by Gasteiger charge is -2.30. The largest absolute Gasteiger partial charge is 0.369 e. The molecule has 2 aromatic carbocycles. The Morgan fingerprint density at radius 2 is 1.52 bits per heavy atom. The number of hydrogen-bond donors (Lipinski definition) is 1. The van der Waals surface area contributed by atoms with E-state index in [1.807, 2.05) is 30.3 Å². The van der Waals surface area contributed by atoms with Crippen molar-refractivity contribution in [3.63, 3.8) is 0 Å². The van der Waals surface area contributed by atoms with Crippen LogP contribution in [0.5, 0.6) is 0 Å². The molecular formula is C19H22FN3O2. The van der Waals surface area contributed by atoms with Gasteiger partial charge in [-0.3, -0.25) is 14.5 Å². The van der Waals surface area contributed by atoms with Gasteiger partial charge in [-0.2, -0.15) is 0 Å². The molecule has 0 aliphatic carbocycles. The summed E-state index contributed by atoms with van der Waals surface area (Å²) in [4.78, 5) is 26.8. The van der Waals surface area contributed by atoms with E-state index in [0.717, 1.165) is 11.1 Å². The maximum atomic E-state index is 13.3. The summed E-state index contributed by atoms with van der Waals surface area (Å²) in [6, 6.07) is 15.3. The third-order valence-corrected chi connectivity index (χ3v) is 3.91. The number of carbonyl (C=O) groups is 2. The summed E-state index contributed by atoms with van der Waals surface area (Å²) in [6.45, 7) is 0.0656. The average Bonchev–Trinajstić information content (AvgIpc) is 2.57. The number of nitrogens with zero attached hydrogens (tertiary/aromatic N) is 2. The van der Waals surface area contributed by atoms with Gasteiger partial charge in [0, 0.05) is 7.05 Å². The van der Waals surface area contributed by atoms with E-state index in [2.05, 4.69) is 0 Å². The van der Waals surface area contributed by atoms with E-state index in [1.165, 1.54) is 12.1 Å². The quantitative estimate of drug-likeness (QED) is 0.833. The van der Waals surface area contributed by atoms with Crippen LogP contribution in [0.3, 0.4) is 0 Å². The van der Waals surface area contributed by atoms with Crippen LogP contribution in [0.2, 0.25) is 0 Å². The lowest BCUT2D eigenvalue weighted by molar-refractivity contribution is -0.132. The molecule has 1 unspecified atom stereocenters. The SMILES string of the molecule is CN(CC(N)=O)CC(=O)N(C)C(c1ccccc1)c1ccc(F)cc1. The van der Waals surface area contributed by atoms with E-state index in [4.69, 9.17) is 5.73 Å². The van der Waals surface area contributed by atoms with Gasteiger partial charge < -0.3 is 10.6 Å². The Kier molecular flexibility index (Phi) is 6.25. The smallest absolute Gasteiger partial charge is 0.237 e. The van der Waals surface area contributed by atoms with Crippen molar-refractivity contribution in [2.75, 3.05) is 27.2 Å². The summed E-state index contributed by atoms with van der Waals surface area (Å²) >= 11 is 0. The summed E-state index contributed by atoms with van der Waals surface area (Å²) in [5.74, 6) is -0.983. The molecule has 0 fully saturated rings. The molecule has 0 radical (unpaired) electrons. The fraction of sp³-hybridized carbons (Fsp3) is 0.263. The Hall–Kier alpha value is -2.73. The molecule has 0 heterocycles. The Morgan fingerprint density at radius 1 is 0.960 bits per heavy atom. The Balaban J connectivity index is 2.27. The molecule has 132 valence electrons. The van der Waals surface area contributed by atoms with Gasteiger partial charge in [-0.25, -0.2) is 4.39 Å². The Morgan fingerprint density at radius 3 is 2.08 bits per heavy atom. The van der Waals surface area contributed by atoms with Gasteiger partial charge in [-0.05, 0) is 30.3 Å². The van der Waals surface area contributed by atoms with E-state index in [9.17, 15) is 14.0 Å². The minimum absolute atomic E-state index is 0.00608. The van der Waals surface area contributed by atoms with Crippen molar-refractivity contribution in [1.29, 1.82) is 0 Å². The van der Waals surface area contributed by atoms with Crippen LogP contribution in [0, 0.1) is 5.82 Å². The molecule has 2 aromatic rings. The second-order valence-electron chi connectivity index (χ2n) is 6.01. The number of nitrogens with two attached hydrogens (primary N) is 1. The molecule has 0 bridgehead atoms. The van der Waals surface area contributed by atoms with Crippen molar-refractivity contribution < 1.29 is 14.0 Å². The normalized spacial score (nSPS) is 12.0. The molecule has 0 aliphatic heterocycles. The van der Waals surface area contributed by atoms with Crippen molar-refractivity contribution in [2.24, 2.45) is 5.73 Å². The predicted octanol–water partition coefficient (Wildman–Crippen LogP) is 1.79. The highest BCUT2D eigenvalue weighted by atomic mass is 19.1. The van der Waals surface area contributed by atoms with E-state index in [0.29, 0.717) is 0 Å². The number of halogens is 1. The monoisotopic (exact) mass is 343 g/mol. The van der Waals surface area contributed by atoms with E-state index in [1.54, 1.807) is 36.0 Å². The standard InChI is InChI=1S/C19H22FN3O2/c1-22(12-17(21)24)13-18(25)23(2)19(14-6-4-3-5-7-14)15-8-10-16(20)11-9-15/h3-11,19H,12-13H2,1-2H3,(H2,21,24). The molecule has 0 aliphatic rings. The number of carbonyl (C=O) groups excluding carboxylic acids is 2. The van der Waals surface area contributed by atoms with Gasteiger partial charge in [-0.1, -0.05) is 42.5 Å². The molecule has 5 nitrogen and oxygen atoms in total. The van der Waals surface area contributed by atoms with Crippen LogP contribution in [0.15, 0.2) is 54.6 Å². The zero-order valence-electron chi connectivity index (χ0n) is 14.4. The number of rotatable bonds is 7. The minimum atomic E-state index is -0.490. The van der Waals surface area contributed by atoms with Gasteiger partial charge in [0.05, 0.1) is 19.1 Å². The van der Waals surface area contributed by atoms with Gasteiger partial charge >= 0.3 is 0 Å². The van der Waals surface area contributed by atoms with Crippen LogP contribution >= 0.6 is 0 Å². The molecule has 25 heavy (non-hydrogen) atoms. The fourth-order valence-corrected chi connectivity index (χ4v) is 2.73. The molecule has 0 spiro atoms. The molecule has 1 atom stereocenters. The maximum absolute atomic E-state index is 13.3. The Bertz CT molecular complexity index is 719. The van der Waals surface area contributed by atoms with Crippen molar-refractivity contribution in [2.45, 2.75) is 6.04 Å². The predicted molar refractivity (Wildman–Crippen MR) is 94.1 cm³/mol. The van der Waals surface area contributed by atoms with Gasteiger partial charge in [-0.15, -0.1) is 0 Å². The highest BCUT2D eigenvalue weighted by molar-refractivity contribution is 5.80. The maximum Gasteiger partial charge on any atom is 0.237 e. The topological polar surface area (TPSA) is 66.6 Å². The molecule has 2 N–H and O–H groups in total. The van der Waals surface area contributed by atoms with Crippen molar-refractivity contribution in [1.82, 2.24) is 9.80 Å². The fourth-order valence-electron chi connectivity index (χ4n) is 2.73. The van der Waals surface area contributed by atoms with Crippen LogP contribution in [0.4, 0.5) is 4.39 Å². The Labute approximate surface area is 146 Å². The second-order valence-corrected chi connectivity index (χ2v) is 6.01. The van der Waals surface area contributed by atoms with Gasteiger partial charge in [0.2, 0.25) is 11.8 Å². The van der Waals surface area contributed by atoms with E-state index >= 15 is 0 Å². The first-order chi connectivity index (χ1) is 11.9. The zero-order valence-corrected chi connectivity index (χ0v) is 14.4. The van der Waals surface area contributed by atoms with Gasteiger partial charge in [0.1, 0.15) is 5.82 Å². The number of primary amides is 1. The first-order valence-electron chi connectivity index (χ1n) is 7.91. The van der Waals surface area contributed by atoms with Crippen molar-refractivity contribution in [3.05, 3.63) is 71.5 Å². The second kappa shape index (κ2) is 8.39. The van der Waals surface area contributed by atoms with Crippen LogP contribution < -0.4 is 5.73 Å². The third kappa shape index (κ3) is 5.12. The van der Waals surface area contributed by atoms with E-state index < -0.39 is 5.91 Å². The summed E-state index contributed by atoms with van der Waals surface area (Å²) in [5.41, 5.74) is 6.89. The lowest BCUT2D eigenvalue weighted by Crippen LogP contribution is -2.41. The third-order valence-electron chi connectivity index (χ3n) is 3.91. The number of hydrogen-bond acceptors (Lipinski definition) is 3. The summed E-state index contributed by atoms with van der Waals surface area (Å²) in [6.07, 6.45) is 0. The van der Waals surface area contributed by atoms with Crippen LogP contribution in [-0.2, 0) is 9.59 Å². The number of likely N-dealkylation sites (N-methyl/N-ethyl adjacent to an activating group) is 2. The van der Waals surface area contributed by atoms with Crippen LogP contribution in [0.1, 0.15) is 17.2 Å². The average molecular weight is 343 g/mol. The van der Waals surface area contributed by atoms with Crippen LogP contribution in [0.25, 0.3) is 0 Å². The molecule has 6 heteroatoms. The highest BCUT2D eigenvalue weighted by Gasteiger charge is 2.24. The van der Waals surface area contributed by atoms with E-state index in [-0.39, 0.29) is 30.9 Å². The van der Waals surface area contributed by atoms with Crippen molar-refractivity contribution >= 4 is 11.8 Å². The molecule has 0 saturated heterocycles. The number of benzene rings is 2. The molecule has 2 rings (SSSR count). The number of amides is 2. The van der Waals surface area contributed by atoms with Gasteiger partial charge in [0.15, 0.2) is 0 Å². The molecule has 0 aromatic heterocycles. The molecule has 0 saturated carbocycles. The molecular weight excluding hydrogens is 321 g/mol. The van der Waals surface area contributed by atoms with Gasteiger partial charge in [0.25, 0.3) is 0 Å².